The van der Waals surface area contributed by atoms with Crippen LogP contribution in [-0.4, -0.2) is 90.3 Å². The molecule has 3 N–H and O–H groups in total. The van der Waals surface area contributed by atoms with Gasteiger partial charge in [0.25, 0.3) is 5.91 Å². The van der Waals surface area contributed by atoms with Crippen molar-refractivity contribution in [2.75, 3.05) is 13.7 Å². The number of fused-ring (bicyclic) bond motifs is 1. The van der Waals surface area contributed by atoms with Gasteiger partial charge in [0.1, 0.15) is 35.1 Å². The molecule has 2 saturated carbocycles. The molecular weight excluding hydrogens is 654 g/mol. The molecule has 0 spiro atoms. The number of nitrogens with one attached hydrogen (secondary N) is 3. The molecule has 2 unspecified atom stereocenters. The summed E-state index contributed by atoms with van der Waals surface area (Å²) in [5.41, 5.74) is -2.37. The van der Waals surface area contributed by atoms with Crippen molar-refractivity contribution >= 4 is 44.6 Å². The van der Waals surface area contributed by atoms with Gasteiger partial charge >= 0.3 is 6.09 Å². The van der Waals surface area contributed by atoms with E-state index in [9.17, 15) is 27.6 Å². The zero-order valence-corrected chi connectivity index (χ0v) is 29.5. The molecule has 2 heterocycles. The minimum absolute atomic E-state index is 0.0128. The Bertz CT molecular complexity index is 1750. The average Bonchev–Trinajstić information content (AvgIpc) is 3.95. The van der Waals surface area contributed by atoms with Gasteiger partial charge in [-0.3, -0.25) is 19.1 Å². The summed E-state index contributed by atoms with van der Waals surface area (Å²) in [6.07, 6.45) is 2.62. The summed E-state index contributed by atoms with van der Waals surface area (Å²) in [5, 5.41) is 6.20. The Morgan fingerprint density at radius 1 is 1.14 bits per heavy atom. The Labute approximate surface area is 286 Å². The van der Waals surface area contributed by atoms with E-state index in [0.717, 1.165) is 5.39 Å². The molecule has 5 rings (SSSR count). The van der Waals surface area contributed by atoms with Gasteiger partial charge in [-0.15, -0.1) is 6.58 Å². The third kappa shape index (κ3) is 7.76. The van der Waals surface area contributed by atoms with Crippen molar-refractivity contribution in [2.45, 2.75) is 94.9 Å². The van der Waals surface area contributed by atoms with Crippen molar-refractivity contribution in [3.8, 4) is 11.6 Å². The number of carbonyl (C=O) groups is 4. The highest BCUT2D eigenvalue weighted by Crippen LogP contribution is 2.45. The Morgan fingerprint density at radius 2 is 1.86 bits per heavy atom. The van der Waals surface area contributed by atoms with Crippen LogP contribution < -0.4 is 24.8 Å². The zero-order valence-electron chi connectivity index (χ0n) is 28.6. The molecule has 1 aromatic carbocycles. The summed E-state index contributed by atoms with van der Waals surface area (Å²) in [4.78, 5) is 60.3. The molecule has 15 heteroatoms. The van der Waals surface area contributed by atoms with Gasteiger partial charge in [0.15, 0.2) is 0 Å². The molecule has 4 amide bonds. The topological polar surface area (TPSA) is 182 Å². The number of aromatic nitrogens is 1. The number of methoxy groups -OCH3 is 1. The second kappa shape index (κ2) is 13.5. The molecule has 1 saturated heterocycles. The number of amides is 4. The fourth-order valence-electron chi connectivity index (χ4n) is 6.10. The molecule has 1 aromatic heterocycles. The summed E-state index contributed by atoms with van der Waals surface area (Å²) >= 11 is 0. The average molecular weight is 700 g/mol. The summed E-state index contributed by atoms with van der Waals surface area (Å²) in [6, 6.07) is 5.07. The van der Waals surface area contributed by atoms with E-state index >= 15 is 0 Å². The van der Waals surface area contributed by atoms with Crippen LogP contribution >= 0.6 is 0 Å². The van der Waals surface area contributed by atoms with E-state index in [1.807, 2.05) is 12.1 Å². The third-order valence-corrected chi connectivity index (χ3v) is 10.7. The quantitative estimate of drug-likeness (QED) is 0.279. The van der Waals surface area contributed by atoms with Gasteiger partial charge < -0.3 is 29.7 Å². The highest BCUT2D eigenvalue weighted by Gasteiger charge is 2.62. The zero-order chi connectivity index (χ0) is 35.9. The number of ether oxygens (including phenoxy) is 3. The fourth-order valence-corrected chi connectivity index (χ4v) is 7.47. The van der Waals surface area contributed by atoms with E-state index in [0.29, 0.717) is 24.0 Å². The van der Waals surface area contributed by atoms with Crippen LogP contribution in [-0.2, 0) is 29.1 Å². The van der Waals surface area contributed by atoms with Crippen molar-refractivity contribution < 1.29 is 41.8 Å². The number of nitrogens with zero attached hydrogens (tertiary/aromatic N) is 2. The molecule has 3 fully saturated rings. The van der Waals surface area contributed by atoms with Crippen molar-refractivity contribution in [3.05, 3.63) is 43.1 Å². The molecule has 266 valence electrons. The van der Waals surface area contributed by atoms with Gasteiger partial charge in [-0.25, -0.2) is 18.2 Å². The van der Waals surface area contributed by atoms with Crippen LogP contribution in [0.5, 0.6) is 11.6 Å². The standard InChI is InChI=1S/C34H45N5O9S/c1-8-21-17-34(21,31(42)38-49(44,45)23-12-13-23)37-28(40)24-16-22(47-29-26-20(14-15-35-29)10-9-11-25(26)46-7)18-39(24)30(41)27(19(2)3)36-32(43)48-33(4,5)6/h8-11,14-15,19,21-24,27H,1,12-13,16-18H2,2-7H3,(H,36,43)(H,37,40)(H,38,42)/t21-,22?,24+,27?,34-/m1/s1. The van der Waals surface area contributed by atoms with Crippen LogP contribution in [0.4, 0.5) is 4.79 Å². The van der Waals surface area contributed by atoms with E-state index in [4.69, 9.17) is 14.2 Å². The van der Waals surface area contributed by atoms with Gasteiger partial charge in [0.05, 0.1) is 24.3 Å². The lowest BCUT2D eigenvalue weighted by molar-refractivity contribution is -0.141. The van der Waals surface area contributed by atoms with E-state index in [-0.39, 0.29) is 25.3 Å². The number of hydrogen-bond donors (Lipinski definition) is 3. The smallest absolute Gasteiger partial charge is 0.408 e. The van der Waals surface area contributed by atoms with E-state index in [1.165, 1.54) is 18.1 Å². The SMILES string of the molecule is C=C[C@@H]1C[C@]1(NC(=O)[C@@H]1CC(Oc2nccc3cccc(OC)c23)CN1C(=O)C(NC(=O)OC(C)(C)C)C(C)C)C(=O)NS(=O)(=O)C1CC1. The number of pyridine rings is 1. The number of benzene rings is 1. The molecule has 1 aliphatic heterocycles. The highest BCUT2D eigenvalue weighted by atomic mass is 32.2. The first-order valence-corrected chi connectivity index (χ1v) is 17.9. The number of hydrogen-bond acceptors (Lipinski definition) is 10. The minimum Gasteiger partial charge on any atom is -0.496 e. The van der Waals surface area contributed by atoms with E-state index in [2.05, 4.69) is 26.9 Å². The van der Waals surface area contributed by atoms with Crippen molar-refractivity contribution in [2.24, 2.45) is 11.8 Å². The summed E-state index contributed by atoms with van der Waals surface area (Å²) in [6.45, 7) is 12.3. The van der Waals surface area contributed by atoms with Crippen molar-refractivity contribution in [3.63, 3.8) is 0 Å². The first-order chi connectivity index (χ1) is 23.0. The molecule has 14 nitrogen and oxygen atoms in total. The molecular formula is C34H45N5O9S. The maximum atomic E-state index is 14.2. The Balaban J connectivity index is 1.44. The van der Waals surface area contributed by atoms with Gasteiger partial charge in [-0.05, 0) is 63.5 Å². The predicted molar refractivity (Wildman–Crippen MR) is 180 cm³/mol. The van der Waals surface area contributed by atoms with Crippen molar-refractivity contribution in [1.82, 2.24) is 25.2 Å². The predicted octanol–water partition coefficient (Wildman–Crippen LogP) is 2.81. The van der Waals surface area contributed by atoms with Crippen molar-refractivity contribution in [1.29, 1.82) is 0 Å². The molecule has 5 atom stereocenters. The van der Waals surface area contributed by atoms with Crippen LogP contribution in [0.2, 0.25) is 0 Å². The first kappa shape index (κ1) is 35.9. The molecule has 0 radical (unpaired) electrons. The largest absolute Gasteiger partial charge is 0.496 e. The Morgan fingerprint density at radius 3 is 2.45 bits per heavy atom. The third-order valence-electron chi connectivity index (χ3n) is 8.92. The summed E-state index contributed by atoms with van der Waals surface area (Å²) in [7, 11) is -2.36. The molecule has 2 aliphatic carbocycles. The number of sulfonamides is 1. The van der Waals surface area contributed by atoms with Crippen LogP contribution in [0.3, 0.4) is 0 Å². The van der Waals surface area contributed by atoms with Crippen LogP contribution in [0.1, 0.15) is 60.3 Å². The Kier molecular flexibility index (Phi) is 9.88. The maximum absolute atomic E-state index is 14.2. The number of rotatable bonds is 12. The Hall–Kier alpha value is -4.40. The van der Waals surface area contributed by atoms with Gasteiger partial charge in [0, 0.05) is 18.5 Å². The second-order valence-electron chi connectivity index (χ2n) is 14.2. The minimum atomic E-state index is -3.89. The van der Waals surface area contributed by atoms with Crippen LogP contribution in [0.25, 0.3) is 10.8 Å². The van der Waals surface area contributed by atoms with E-state index < -0.39 is 80.3 Å². The lowest BCUT2D eigenvalue weighted by atomic mass is 10.0. The molecule has 2 aromatic rings. The maximum Gasteiger partial charge on any atom is 0.408 e. The van der Waals surface area contributed by atoms with Gasteiger partial charge in [-0.1, -0.05) is 32.1 Å². The lowest BCUT2D eigenvalue weighted by Gasteiger charge is -2.31. The van der Waals surface area contributed by atoms with Gasteiger partial charge in [-0.2, -0.15) is 0 Å². The molecule has 49 heavy (non-hydrogen) atoms. The van der Waals surface area contributed by atoms with Gasteiger partial charge in [0.2, 0.25) is 27.7 Å². The van der Waals surface area contributed by atoms with Crippen LogP contribution in [0, 0.1) is 11.8 Å². The summed E-state index contributed by atoms with van der Waals surface area (Å²) < 4.78 is 44.7. The number of likely N-dealkylation sites (tertiary alicyclic amines) is 1. The first-order valence-electron chi connectivity index (χ1n) is 16.4. The number of alkyl carbamates (subject to hydrolysis) is 1. The fraction of sp³-hybridized carbons (Fsp3) is 0.559. The second-order valence-corrected chi connectivity index (χ2v) is 16.2. The normalized spacial score (nSPS) is 24.1. The molecule has 3 aliphatic rings. The van der Waals surface area contributed by atoms with Crippen LogP contribution in [0.15, 0.2) is 43.1 Å². The highest BCUT2D eigenvalue weighted by molar-refractivity contribution is 7.91. The monoisotopic (exact) mass is 699 g/mol. The summed E-state index contributed by atoms with van der Waals surface area (Å²) in [5.74, 6) is -2.22. The number of carbonyl (C=O) groups excluding carboxylic acids is 4. The lowest BCUT2D eigenvalue weighted by Crippen LogP contribution is -2.59. The van der Waals surface area contributed by atoms with E-state index in [1.54, 1.807) is 52.9 Å². The molecule has 0 bridgehead atoms.